The van der Waals surface area contributed by atoms with Crippen molar-refractivity contribution in [3.63, 3.8) is 0 Å². The van der Waals surface area contributed by atoms with Gasteiger partial charge in [-0.1, -0.05) is 37.3 Å². The van der Waals surface area contributed by atoms with E-state index in [9.17, 15) is 0 Å². The van der Waals surface area contributed by atoms with Gasteiger partial charge in [-0.25, -0.2) is 0 Å². The third-order valence-corrected chi connectivity index (χ3v) is 5.35. The third kappa shape index (κ3) is 3.04. The van der Waals surface area contributed by atoms with Crippen LogP contribution < -0.4 is 5.19 Å². The van der Waals surface area contributed by atoms with E-state index in [1.807, 2.05) is 30.8 Å². The summed E-state index contributed by atoms with van der Waals surface area (Å²) in [5, 5.41) is 1.13. The van der Waals surface area contributed by atoms with Crippen molar-refractivity contribution >= 4 is 13.7 Å². The van der Waals surface area contributed by atoms with Crippen molar-refractivity contribution in [3.05, 3.63) is 42.6 Å². The molecule has 1 rings (SSSR count). The minimum absolute atomic E-state index is 0.650. The van der Waals surface area contributed by atoms with Crippen molar-refractivity contribution in [2.45, 2.75) is 20.3 Å². The number of rotatable bonds is 7. The number of hydrogen-bond donors (Lipinski definition) is 0. The van der Waals surface area contributed by atoms with E-state index in [2.05, 4.69) is 25.6 Å². The highest BCUT2D eigenvalue weighted by molar-refractivity contribution is 6.85. The van der Waals surface area contributed by atoms with E-state index in [1.54, 1.807) is 0 Å². The van der Waals surface area contributed by atoms with Crippen LogP contribution >= 0.6 is 0 Å². The molecule has 1 unspecified atom stereocenters. The average molecular weight is 236 g/mol. The van der Waals surface area contributed by atoms with Crippen LogP contribution in [0.5, 0.6) is 0 Å². The monoisotopic (exact) mass is 236 g/mol. The Morgan fingerprint density at radius 1 is 1.19 bits per heavy atom. The predicted molar refractivity (Wildman–Crippen MR) is 69.9 cm³/mol. The van der Waals surface area contributed by atoms with Crippen LogP contribution in [-0.2, 0) is 8.85 Å². The molecule has 0 bridgehead atoms. The minimum atomic E-state index is -2.40. The normalized spacial score (nSPS) is 14.4. The molecule has 1 atom stereocenters. The Balaban J connectivity index is 2.96. The number of benzene rings is 1. The fourth-order valence-electron chi connectivity index (χ4n) is 1.58. The molecule has 88 valence electrons. The summed E-state index contributed by atoms with van der Waals surface area (Å²) in [5.41, 5.74) is 1.86. The molecular weight excluding hydrogens is 216 g/mol. The van der Waals surface area contributed by atoms with Crippen LogP contribution in [0.25, 0.3) is 0 Å². The molecule has 0 N–H and O–H groups in total. The van der Waals surface area contributed by atoms with Gasteiger partial charge in [0.1, 0.15) is 0 Å². The molecule has 2 nitrogen and oxygen atoms in total. The van der Waals surface area contributed by atoms with Gasteiger partial charge in [-0.15, -0.1) is 6.58 Å². The highest BCUT2D eigenvalue weighted by atomic mass is 28.4. The van der Waals surface area contributed by atoms with Crippen molar-refractivity contribution in [2.24, 2.45) is 0 Å². The van der Waals surface area contributed by atoms with Gasteiger partial charge < -0.3 is 8.85 Å². The van der Waals surface area contributed by atoms with Gasteiger partial charge in [0.15, 0.2) is 0 Å². The van der Waals surface area contributed by atoms with Crippen LogP contribution in [0.15, 0.2) is 42.6 Å². The van der Waals surface area contributed by atoms with Gasteiger partial charge in [0.05, 0.1) is 0 Å². The topological polar surface area (TPSA) is 18.5 Å². The van der Waals surface area contributed by atoms with Crippen LogP contribution in [0, 0.1) is 0 Å². The summed E-state index contributed by atoms with van der Waals surface area (Å²) in [6, 6.07) is 10.1. The Labute approximate surface area is 99.2 Å². The molecule has 0 aliphatic carbocycles. The molecule has 0 aliphatic rings. The van der Waals surface area contributed by atoms with Crippen molar-refractivity contribution in [1.29, 1.82) is 0 Å². The molecule has 0 heterocycles. The lowest BCUT2D eigenvalue weighted by molar-refractivity contribution is 0.198. The van der Waals surface area contributed by atoms with E-state index in [1.165, 1.54) is 0 Å². The van der Waals surface area contributed by atoms with E-state index in [0.29, 0.717) is 13.2 Å². The maximum Gasteiger partial charge on any atom is 0.399 e. The van der Waals surface area contributed by atoms with E-state index in [0.717, 1.165) is 11.6 Å². The van der Waals surface area contributed by atoms with Crippen LogP contribution in [0.3, 0.4) is 0 Å². The summed E-state index contributed by atoms with van der Waals surface area (Å²) < 4.78 is 11.8. The van der Waals surface area contributed by atoms with Crippen molar-refractivity contribution < 1.29 is 8.85 Å². The third-order valence-electron chi connectivity index (χ3n) is 2.32. The zero-order valence-corrected chi connectivity index (χ0v) is 11.1. The second-order valence-corrected chi connectivity index (χ2v) is 6.42. The standard InChI is InChI=1S/C13H20O2Si/c1-4-12-15-16(6-3,14-5-2)13-10-8-7-9-11-13/h6-11H,3-5,12H2,1-2H3. The molecule has 16 heavy (non-hydrogen) atoms. The molecule has 3 heteroatoms. The lowest BCUT2D eigenvalue weighted by Gasteiger charge is -2.27. The minimum Gasteiger partial charge on any atom is -0.388 e. The van der Waals surface area contributed by atoms with Crippen molar-refractivity contribution in [1.82, 2.24) is 0 Å². The Kier molecular flexibility index (Phi) is 5.45. The van der Waals surface area contributed by atoms with Crippen LogP contribution in [0.2, 0.25) is 0 Å². The highest BCUT2D eigenvalue weighted by Crippen LogP contribution is 2.10. The SMILES string of the molecule is C=C[Si](OCC)(OCCC)c1ccccc1. The molecule has 0 saturated heterocycles. The summed E-state index contributed by atoms with van der Waals surface area (Å²) in [6.07, 6.45) is 0.989. The van der Waals surface area contributed by atoms with Gasteiger partial charge in [0, 0.05) is 13.2 Å². The van der Waals surface area contributed by atoms with E-state index < -0.39 is 8.56 Å². The zero-order valence-electron chi connectivity index (χ0n) is 10.1. The molecule has 0 radical (unpaired) electrons. The number of hydrogen-bond acceptors (Lipinski definition) is 2. The van der Waals surface area contributed by atoms with Crippen molar-refractivity contribution in [2.75, 3.05) is 13.2 Å². The molecule has 1 aromatic carbocycles. The largest absolute Gasteiger partial charge is 0.399 e. The van der Waals surface area contributed by atoms with Gasteiger partial charge in [-0.3, -0.25) is 0 Å². The Morgan fingerprint density at radius 2 is 1.88 bits per heavy atom. The van der Waals surface area contributed by atoms with Crippen LogP contribution in [-0.4, -0.2) is 21.8 Å². The molecule has 0 amide bonds. The van der Waals surface area contributed by atoms with Crippen molar-refractivity contribution in [3.8, 4) is 0 Å². The first-order valence-electron chi connectivity index (χ1n) is 5.76. The maximum atomic E-state index is 5.95. The molecule has 0 aliphatic heterocycles. The Bertz CT molecular complexity index is 313. The Morgan fingerprint density at radius 3 is 2.38 bits per heavy atom. The van der Waals surface area contributed by atoms with Crippen LogP contribution in [0.4, 0.5) is 0 Å². The first kappa shape index (κ1) is 13.2. The van der Waals surface area contributed by atoms with E-state index in [4.69, 9.17) is 8.85 Å². The van der Waals surface area contributed by atoms with Gasteiger partial charge in [0.25, 0.3) is 0 Å². The van der Waals surface area contributed by atoms with Gasteiger partial charge in [-0.2, -0.15) is 0 Å². The highest BCUT2D eigenvalue weighted by Gasteiger charge is 2.36. The molecular formula is C13H20O2Si. The smallest absolute Gasteiger partial charge is 0.388 e. The van der Waals surface area contributed by atoms with Gasteiger partial charge in [0.2, 0.25) is 0 Å². The van der Waals surface area contributed by atoms with E-state index >= 15 is 0 Å². The molecule has 0 fully saturated rings. The summed E-state index contributed by atoms with van der Waals surface area (Å²) in [4.78, 5) is 0. The quantitative estimate of drug-likeness (QED) is 0.677. The van der Waals surface area contributed by atoms with Gasteiger partial charge >= 0.3 is 8.56 Å². The summed E-state index contributed by atoms with van der Waals surface area (Å²) in [7, 11) is -2.40. The maximum absolute atomic E-state index is 5.95. The zero-order chi connectivity index (χ0) is 11.9. The fraction of sp³-hybridized carbons (Fsp3) is 0.385. The first-order valence-corrected chi connectivity index (χ1v) is 7.65. The summed E-state index contributed by atoms with van der Waals surface area (Å²) in [5.74, 6) is 0. The Hall–Kier alpha value is -0.903. The second kappa shape index (κ2) is 6.63. The molecule has 0 aromatic heterocycles. The molecule has 0 spiro atoms. The predicted octanol–water partition coefficient (Wildman–Crippen LogP) is 2.52. The molecule has 0 saturated carbocycles. The van der Waals surface area contributed by atoms with Gasteiger partial charge in [-0.05, 0) is 24.2 Å². The summed E-state index contributed by atoms with van der Waals surface area (Å²) >= 11 is 0. The molecule has 1 aromatic rings. The summed E-state index contributed by atoms with van der Waals surface area (Å²) in [6.45, 7) is 9.34. The van der Waals surface area contributed by atoms with E-state index in [-0.39, 0.29) is 0 Å². The van der Waals surface area contributed by atoms with Crippen LogP contribution in [0.1, 0.15) is 20.3 Å². The lowest BCUT2D eigenvalue weighted by atomic mass is 10.4. The second-order valence-electron chi connectivity index (χ2n) is 3.52. The lowest BCUT2D eigenvalue weighted by Crippen LogP contribution is -2.52. The fourth-order valence-corrected chi connectivity index (χ4v) is 4.06. The average Bonchev–Trinajstić information content (AvgIpc) is 2.36. The first-order chi connectivity index (χ1) is 7.79.